The smallest absolute Gasteiger partial charge is 0.0359 e. The van der Waals surface area contributed by atoms with Crippen LogP contribution in [0.4, 0.5) is 0 Å². The van der Waals surface area contributed by atoms with Gasteiger partial charge in [-0.2, -0.15) is 0 Å². The summed E-state index contributed by atoms with van der Waals surface area (Å²) in [6.07, 6.45) is 3.63. The second-order valence-corrected chi connectivity index (χ2v) is 6.75. The molecule has 1 rings (SSSR count). The van der Waals surface area contributed by atoms with Crippen molar-refractivity contribution in [2.24, 2.45) is 5.92 Å². The molecule has 0 aliphatic rings. The van der Waals surface area contributed by atoms with E-state index in [1.165, 1.54) is 32.9 Å². The first-order valence-corrected chi connectivity index (χ1v) is 8.69. The Labute approximate surface area is 133 Å². The topological polar surface area (TPSA) is 12.0 Å². The van der Waals surface area contributed by atoms with Crippen molar-refractivity contribution in [3.8, 4) is 0 Å². The van der Waals surface area contributed by atoms with Gasteiger partial charge in [-0.3, -0.25) is 0 Å². The van der Waals surface area contributed by atoms with Crippen molar-refractivity contribution in [2.75, 3.05) is 6.54 Å². The van der Waals surface area contributed by atoms with Crippen LogP contribution in [-0.4, -0.2) is 6.54 Å². The predicted octanol–water partition coefficient (Wildman–Crippen LogP) is 5.53. The van der Waals surface area contributed by atoms with Gasteiger partial charge in [0.05, 0.1) is 0 Å². The summed E-state index contributed by atoms with van der Waals surface area (Å²) in [5.41, 5.74) is 1.44. The molecule has 1 N–H and O–H groups in total. The third kappa shape index (κ3) is 4.49. The third-order valence-corrected chi connectivity index (χ3v) is 4.90. The summed E-state index contributed by atoms with van der Waals surface area (Å²) in [5.74, 6) is 0.708. The fraction of sp³-hybridized carbons (Fsp3) is 0.600. The lowest BCUT2D eigenvalue weighted by molar-refractivity contribution is 0.340. The molecule has 0 saturated heterocycles. The number of rotatable bonds is 7. The van der Waals surface area contributed by atoms with Gasteiger partial charge in [-0.05, 0) is 65.2 Å². The molecule has 102 valence electrons. The molecule has 0 heterocycles. The van der Waals surface area contributed by atoms with E-state index in [-0.39, 0.29) is 0 Å². The molecule has 1 atom stereocenters. The molecule has 1 aromatic carbocycles. The SMILES string of the molecule is CCCNC(c1cc(Br)ccc1I)C(CC)CC. The highest BCUT2D eigenvalue weighted by Crippen LogP contribution is 2.32. The van der Waals surface area contributed by atoms with Crippen LogP contribution >= 0.6 is 38.5 Å². The molecule has 3 heteroatoms. The van der Waals surface area contributed by atoms with Crippen molar-refractivity contribution in [2.45, 2.75) is 46.1 Å². The van der Waals surface area contributed by atoms with Gasteiger partial charge in [0.1, 0.15) is 0 Å². The van der Waals surface area contributed by atoms with Crippen LogP contribution in [0.1, 0.15) is 51.6 Å². The third-order valence-electron chi connectivity index (χ3n) is 3.43. The molecule has 0 saturated carbocycles. The van der Waals surface area contributed by atoms with Gasteiger partial charge in [0.2, 0.25) is 0 Å². The van der Waals surface area contributed by atoms with Crippen molar-refractivity contribution < 1.29 is 0 Å². The Kier molecular flexibility index (Phi) is 7.80. The number of hydrogen-bond donors (Lipinski definition) is 1. The largest absolute Gasteiger partial charge is 0.310 e. The number of hydrogen-bond acceptors (Lipinski definition) is 1. The van der Waals surface area contributed by atoms with Gasteiger partial charge in [-0.15, -0.1) is 0 Å². The minimum atomic E-state index is 0.476. The van der Waals surface area contributed by atoms with Gasteiger partial charge in [-0.25, -0.2) is 0 Å². The number of benzene rings is 1. The Hall–Kier alpha value is 0.390. The minimum Gasteiger partial charge on any atom is -0.310 e. The zero-order valence-electron chi connectivity index (χ0n) is 11.5. The molecule has 1 unspecified atom stereocenters. The molecule has 0 fully saturated rings. The highest BCUT2D eigenvalue weighted by atomic mass is 127. The van der Waals surface area contributed by atoms with Gasteiger partial charge in [0.15, 0.2) is 0 Å². The maximum atomic E-state index is 3.73. The Morgan fingerprint density at radius 3 is 2.44 bits per heavy atom. The van der Waals surface area contributed by atoms with E-state index in [1.807, 2.05) is 0 Å². The maximum absolute atomic E-state index is 3.73. The zero-order chi connectivity index (χ0) is 13.5. The molecule has 0 aliphatic carbocycles. The molecule has 1 nitrogen and oxygen atoms in total. The molecule has 18 heavy (non-hydrogen) atoms. The molecule has 0 spiro atoms. The predicted molar refractivity (Wildman–Crippen MR) is 92.0 cm³/mol. The summed E-state index contributed by atoms with van der Waals surface area (Å²) in [6, 6.07) is 7.06. The van der Waals surface area contributed by atoms with Gasteiger partial charge in [0, 0.05) is 14.1 Å². The summed E-state index contributed by atoms with van der Waals surface area (Å²) >= 11 is 6.04. The Morgan fingerprint density at radius 1 is 1.22 bits per heavy atom. The van der Waals surface area contributed by atoms with E-state index in [2.05, 4.69) is 82.8 Å². The molecular weight excluding hydrogens is 401 g/mol. The van der Waals surface area contributed by atoms with Gasteiger partial charge >= 0.3 is 0 Å². The summed E-state index contributed by atoms with van der Waals surface area (Å²) in [7, 11) is 0. The number of halogens is 2. The lowest BCUT2D eigenvalue weighted by Crippen LogP contribution is -2.29. The second-order valence-electron chi connectivity index (χ2n) is 4.67. The van der Waals surface area contributed by atoms with E-state index < -0.39 is 0 Å². The first-order valence-electron chi connectivity index (χ1n) is 6.82. The lowest BCUT2D eigenvalue weighted by Gasteiger charge is -2.28. The molecule has 0 radical (unpaired) electrons. The molecule has 0 aliphatic heterocycles. The lowest BCUT2D eigenvalue weighted by atomic mass is 9.89. The van der Waals surface area contributed by atoms with Crippen molar-refractivity contribution in [3.63, 3.8) is 0 Å². The molecular formula is C15H23BrIN. The fourth-order valence-electron chi connectivity index (χ4n) is 2.34. The van der Waals surface area contributed by atoms with Crippen molar-refractivity contribution in [3.05, 3.63) is 31.8 Å². The normalized spacial score (nSPS) is 13.0. The van der Waals surface area contributed by atoms with Gasteiger partial charge in [-0.1, -0.05) is 49.5 Å². The summed E-state index contributed by atoms with van der Waals surface area (Å²) in [6.45, 7) is 7.89. The standard InChI is InChI=1S/C15H23BrIN/c1-4-9-18-15(11(5-2)6-3)13-10-12(16)7-8-14(13)17/h7-8,10-11,15,18H,4-6,9H2,1-3H3. The van der Waals surface area contributed by atoms with Crippen LogP contribution in [0.2, 0.25) is 0 Å². The average Bonchev–Trinajstić information content (AvgIpc) is 2.38. The van der Waals surface area contributed by atoms with Crippen LogP contribution in [0, 0.1) is 9.49 Å². The Morgan fingerprint density at radius 2 is 1.89 bits per heavy atom. The molecule has 0 aromatic heterocycles. The van der Waals surface area contributed by atoms with E-state index in [4.69, 9.17) is 0 Å². The van der Waals surface area contributed by atoms with E-state index in [0.717, 1.165) is 6.54 Å². The highest BCUT2D eigenvalue weighted by Gasteiger charge is 2.21. The van der Waals surface area contributed by atoms with Crippen molar-refractivity contribution >= 4 is 38.5 Å². The first kappa shape index (κ1) is 16.4. The minimum absolute atomic E-state index is 0.476. The zero-order valence-corrected chi connectivity index (χ0v) is 15.2. The van der Waals surface area contributed by atoms with E-state index >= 15 is 0 Å². The first-order chi connectivity index (χ1) is 8.63. The summed E-state index contributed by atoms with van der Waals surface area (Å²) < 4.78 is 2.53. The van der Waals surface area contributed by atoms with E-state index in [0.29, 0.717) is 12.0 Å². The van der Waals surface area contributed by atoms with E-state index in [1.54, 1.807) is 0 Å². The monoisotopic (exact) mass is 423 g/mol. The van der Waals surface area contributed by atoms with Crippen LogP contribution in [0.15, 0.2) is 22.7 Å². The summed E-state index contributed by atoms with van der Waals surface area (Å²) in [4.78, 5) is 0. The van der Waals surface area contributed by atoms with Crippen LogP contribution in [0.5, 0.6) is 0 Å². The molecule has 0 amide bonds. The quantitative estimate of drug-likeness (QED) is 0.568. The van der Waals surface area contributed by atoms with Crippen LogP contribution < -0.4 is 5.32 Å². The van der Waals surface area contributed by atoms with Crippen LogP contribution in [-0.2, 0) is 0 Å². The maximum Gasteiger partial charge on any atom is 0.0359 e. The van der Waals surface area contributed by atoms with Crippen molar-refractivity contribution in [1.82, 2.24) is 5.32 Å². The van der Waals surface area contributed by atoms with Gasteiger partial charge < -0.3 is 5.32 Å². The average molecular weight is 424 g/mol. The molecule has 0 bridgehead atoms. The Balaban J connectivity index is 3.03. The van der Waals surface area contributed by atoms with E-state index in [9.17, 15) is 0 Å². The highest BCUT2D eigenvalue weighted by molar-refractivity contribution is 14.1. The number of nitrogens with one attached hydrogen (secondary N) is 1. The van der Waals surface area contributed by atoms with Crippen LogP contribution in [0.25, 0.3) is 0 Å². The van der Waals surface area contributed by atoms with Gasteiger partial charge in [0.25, 0.3) is 0 Å². The second kappa shape index (κ2) is 8.54. The summed E-state index contributed by atoms with van der Waals surface area (Å²) in [5, 5.41) is 3.73. The van der Waals surface area contributed by atoms with Crippen molar-refractivity contribution in [1.29, 1.82) is 0 Å². The fourth-order valence-corrected chi connectivity index (χ4v) is 3.39. The Bertz CT molecular complexity index is 364. The van der Waals surface area contributed by atoms with Crippen LogP contribution in [0.3, 0.4) is 0 Å². The molecule has 1 aromatic rings.